The molecule has 4 nitrogen and oxygen atoms in total. The summed E-state index contributed by atoms with van der Waals surface area (Å²) < 4.78 is 0. The van der Waals surface area contributed by atoms with Crippen LogP contribution in [0.15, 0.2) is 30.5 Å². The van der Waals surface area contributed by atoms with Crippen LogP contribution in [0.25, 0.3) is 10.9 Å². The molecule has 0 aliphatic carbocycles. The molecule has 0 unspecified atom stereocenters. The maximum Gasteiger partial charge on any atom is 0.220 e. The summed E-state index contributed by atoms with van der Waals surface area (Å²) >= 11 is 0. The molecule has 21 heavy (non-hydrogen) atoms. The molecule has 0 aliphatic heterocycles. The topological polar surface area (TPSA) is 65.1 Å². The van der Waals surface area contributed by atoms with Gasteiger partial charge in [-0.15, -0.1) is 0 Å². The second kappa shape index (κ2) is 7.27. The van der Waals surface area contributed by atoms with E-state index in [2.05, 4.69) is 23.3 Å². The number of aliphatic hydroxyl groups is 1. The number of aromatic amines is 1. The first-order valence-corrected chi connectivity index (χ1v) is 7.61. The second-order valence-electron chi connectivity index (χ2n) is 5.60. The molecule has 1 amide bonds. The number of H-pyrrole nitrogens is 1. The predicted octanol–water partition coefficient (Wildman–Crippen LogP) is 2.62. The van der Waals surface area contributed by atoms with Gasteiger partial charge in [-0.3, -0.25) is 4.79 Å². The maximum atomic E-state index is 12.0. The Hall–Kier alpha value is -1.81. The number of rotatable bonds is 7. The first kappa shape index (κ1) is 15.6. The van der Waals surface area contributed by atoms with Crippen LogP contribution in [0.3, 0.4) is 0 Å². The summed E-state index contributed by atoms with van der Waals surface area (Å²) in [6, 6.07) is 7.95. The van der Waals surface area contributed by atoms with Gasteiger partial charge in [0.2, 0.25) is 5.91 Å². The van der Waals surface area contributed by atoms with Gasteiger partial charge in [0, 0.05) is 23.5 Å². The standard InChI is InChI=1S/C17H24N2O2/c1-3-12(2)16(11-20)19-17(21)9-8-13-10-18-15-7-5-4-6-14(13)15/h4-7,10,12,16,18,20H,3,8-9,11H2,1-2H3,(H,19,21)/t12-,16-/m0/s1. The van der Waals surface area contributed by atoms with Crippen molar-refractivity contribution >= 4 is 16.8 Å². The van der Waals surface area contributed by atoms with Crippen molar-refractivity contribution in [1.29, 1.82) is 0 Å². The number of fused-ring (bicyclic) bond motifs is 1. The molecule has 2 aromatic rings. The number of para-hydroxylation sites is 1. The Balaban J connectivity index is 1.92. The fraction of sp³-hybridized carbons (Fsp3) is 0.471. The van der Waals surface area contributed by atoms with Gasteiger partial charge >= 0.3 is 0 Å². The zero-order valence-corrected chi connectivity index (χ0v) is 12.7. The molecule has 0 saturated heterocycles. The van der Waals surface area contributed by atoms with Crippen LogP contribution in [0.5, 0.6) is 0 Å². The SMILES string of the molecule is CC[C@H](C)[C@H](CO)NC(=O)CCc1c[nH]c2ccccc12. The van der Waals surface area contributed by atoms with Crippen molar-refractivity contribution in [3.05, 3.63) is 36.0 Å². The van der Waals surface area contributed by atoms with Crippen LogP contribution in [0.4, 0.5) is 0 Å². The summed E-state index contributed by atoms with van der Waals surface area (Å²) in [5.74, 6) is 0.284. The van der Waals surface area contributed by atoms with Crippen molar-refractivity contribution < 1.29 is 9.90 Å². The van der Waals surface area contributed by atoms with E-state index in [0.717, 1.165) is 17.5 Å². The molecular formula is C17H24N2O2. The quantitative estimate of drug-likeness (QED) is 0.733. The Labute approximate surface area is 125 Å². The lowest BCUT2D eigenvalue weighted by molar-refractivity contribution is -0.122. The monoisotopic (exact) mass is 288 g/mol. The van der Waals surface area contributed by atoms with Gasteiger partial charge < -0.3 is 15.4 Å². The Morgan fingerprint density at radius 3 is 2.86 bits per heavy atom. The van der Waals surface area contributed by atoms with Gasteiger partial charge in [-0.2, -0.15) is 0 Å². The lowest BCUT2D eigenvalue weighted by Gasteiger charge is -2.22. The van der Waals surface area contributed by atoms with E-state index >= 15 is 0 Å². The third kappa shape index (κ3) is 3.85. The molecule has 114 valence electrons. The Morgan fingerprint density at radius 1 is 1.38 bits per heavy atom. The number of aryl methyl sites for hydroxylation is 1. The van der Waals surface area contributed by atoms with E-state index in [1.54, 1.807) is 0 Å². The smallest absolute Gasteiger partial charge is 0.220 e. The molecule has 2 rings (SSSR count). The molecule has 0 bridgehead atoms. The normalized spacial score (nSPS) is 14.0. The largest absolute Gasteiger partial charge is 0.394 e. The Bertz CT molecular complexity index is 591. The zero-order chi connectivity index (χ0) is 15.2. The van der Waals surface area contributed by atoms with Gasteiger partial charge in [-0.05, 0) is 24.0 Å². The van der Waals surface area contributed by atoms with E-state index in [4.69, 9.17) is 0 Å². The summed E-state index contributed by atoms with van der Waals surface area (Å²) in [5, 5.41) is 13.5. The molecule has 4 heteroatoms. The maximum absolute atomic E-state index is 12.0. The van der Waals surface area contributed by atoms with Gasteiger partial charge in [0.25, 0.3) is 0 Å². The lowest BCUT2D eigenvalue weighted by Crippen LogP contribution is -2.41. The van der Waals surface area contributed by atoms with Crippen LogP contribution in [0, 0.1) is 5.92 Å². The Morgan fingerprint density at radius 2 is 2.14 bits per heavy atom. The van der Waals surface area contributed by atoms with E-state index in [1.807, 2.05) is 31.3 Å². The molecule has 1 aromatic heterocycles. The van der Waals surface area contributed by atoms with E-state index in [9.17, 15) is 9.90 Å². The zero-order valence-electron chi connectivity index (χ0n) is 12.7. The highest BCUT2D eigenvalue weighted by atomic mass is 16.3. The predicted molar refractivity (Wildman–Crippen MR) is 85.1 cm³/mol. The number of aromatic nitrogens is 1. The van der Waals surface area contributed by atoms with Crippen molar-refractivity contribution in [1.82, 2.24) is 10.3 Å². The molecular weight excluding hydrogens is 264 g/mol. The number of carbonyl (C=O) groups excluding carboxylic acids is 1. The number of benzene rings is 1. The molecule has 0 aliphatic rings. The lowest BCUT2D eigenvalue weighted by atomic mass is 9.99. The minimum Gasteiger partial charge on any atom is -0.394 e. The van der Waals surface area contributed by atoms with Gasteiger partial charge in [0.05, 0.1) is 12.6 Å². The summed E-state index contributed by atoms with van der Waals surface area (Å²) in [7, 11) is 0. The van der Waals surface area contributed by atoms with Crippen LogP contribution in [0.2, 0.25) is 0 Å². The number of amides is 1. The van der Waals surface area contributed by atoms with Crippen LogP contribution in [-0.4, -0.2) is 28.6 Å². The fourth-order valence-corrected chi connectivity index (χ4v) is 2.52. The Kier molecular flexibility index (Phi) is 5.39. The van der Waals surface area contributed by atoms with Crippen molar-refractivity contribution in [3.8, 4) is 0 Å². The first-order valence-electron chi connectivity index (χ1n) is 7.61. The molecule has 3 N–H and O–H groups in total. The minimum absolute atomic E-state index is 0.000342. The molecule has 0 radical (unpaired) electrons. The average molecular weight is 288 g/mol. The third-order valence-electron chi connectivity index (χ3n) is 4.17. The van der Waals surface area contributed by atoms with Crippen molar-refractivity contribution in [3.63, 3.8) is 0 Å². The van der Waals surface area contributed by atoms with E-state index in [0.29, 0.717) is 12.8 Å². The fourth-order valence-electron chi connectivity index (χ4n) is 2.52. The number of nitrogens with one attached hydrogen (secondary N) is 2. The summed E-state index contributed by atoms with van der Waals surface area (Å²) in [6.45, 7) is 4.10. The molecule has 1 heterocycles. The molecule has 0 fully saturated rings. The van der Waals surface area contributed by atoms with E-state index in [1.165, 1.54) is 5.39 Å². The molecule has 1 aromatic carbocycles. The summed E-state index contributed by atoms with van der Waals surface area (Å²) in [5.41, 5.74) is 2.26. The van der Waals surface area contributed by atoms with Gasteiger partial charge in [-0.1, -0.05) is 38.5 Å². The number of hydrogen-bond acceptors (Lipinski definition) is 2. The van der Waals surface area contributed by atoms with Crippen LogP contribution in [-0.2, 0) is 11.2 Å². The van der Waals surface area contributed by atoms with Gasteiger partial charge in [0.15, 0.2) is 0 Å². The third-order valence-corrected chi connectivity index (χ3v) is 4.17. The number of carbonyl (C=O) groups is 1. The molecule has 2 atom stereocenters. The van der Waals surface area contributed by atoms with Crippen LogP contribution in [0.1, 0.15) is 32.3 Å². The minimum atomic E-state index is -0.148. The number of hydrogen-bond donors (Lipinski definition) is 3. The van der Waals surface area contributed by atoms with E-state index < -0.39 is 0 Å². The van der Waals surface area contributed by atoms with Gasteiger partial charge in [-0.25, -0.2) is 0 Å². The van der Waals surface area contributed by atoms with Crippen molar-refractivity contribution in [2.24, 2.45) is 5.92 Å². The average Bonchev–Trinajstić information content (AvgIpc) is 2.93. The highest BCUT2D eigenvalue weighted by Gasteiger charge is 2.17. The first-order chi connectivity index (χ1) is 10.2. The van der Waals surface area contributed by atoms with Crippen LogP contribution < -0.4 is 5.32 Å². The highest BCUT2D eigenvalue weighted by Crippen LogP contribution is 2.19. The second-order valence-corrected chi connectivity index (χ2v) is 5.60. The molecule has 0 saturated carbocycles. The van der Waals surface area contributed by atoms with E-state index in [-0.39, 0.29) is 24.5 Å². The van der Waals surface area contributed by atoms with Crippen LogP contribution >= 0.6 is 0 Å². The summed E-state index contributed by atoms with van der Waals surface area (Å²) in [4.78, 5) is 15.3. The van der Waals surface area contributed by atoms with Crippen molar-refractivity contribution in [2.45, 2.75) is 39.2 Å². The number of aliphatic hydroxyl groups excluding tert-OH is 1. The highest BCUT2D eigenvalue weighted by molar-refractivity contribution is 5.84. The van der Waals surface area contributed by atoms with Crippen molar-refractivity contribution in [2.75, 3.05) is 6.61 Å². The van der Waals surface area contributed by atoms with Gasteiger partial charge in [0.1, 0.15) is 0 Å². The molecule has 0 spiro atoms. The summed E-state index contributed by atoms with van der Waals surface area (Å²) in [6.07, 6.45) is 4.05.